The van der Waals surface area contributed by atoms with Crippen molar-refractivity contribution in [1.29, 1.82) is 5.41 Å². The second-order valence-electron chi connectivity index (χ2n) is 12.1. The Morgan fingerprint density at radius 2 is 1.70 bits per heavy atom. The SMILES string of the molecule is CNC(=O)CCC(=N)c1nc2ccccc2n([C@@H]2C[C@@H]3CCC[C@H]2N3C2CC3CCCCC(C3)C2)c1=O. The van der Waals surface area contributed by atoms with Crippen molar-refractivity contribution in [2.45, 2.75) is 108 Å². The first-order valence-electron chi connectivity index (χ1n) is 14.6. The molecule has 2 saturated heterocycles. The summed E-state index contributed by atoms with van der Waals surface area (Å²) < 4.78 is 2.00. The van der Waals surface area contributed by atoms with Crippen molar-refractivity contribution in [3.8, 4) is 0 Å². The molecule has 5 atom stereocenters. The van der Waals surface area contributed by atoms with Gasteiger partial charge in [-0.05, 0) is 62.5 Å². The van der Waals surface area contributed by atoms with E-state index >= 15 is 0 Å². The van der Waals surface area contributed by atoms with Gasteiger partial charge in [-0.2, -0.15) is 0 Å². The molecule has 4 fully saturated rings. The Morgan fingerprint density at radius 1 is 0.946 bits per heavy atom. The number of carbonyl (C=O) groups excluding carboxylic acids is 1. The van der Waals surface area contributed by atoms with Crippen LogP contribution in [0.3, 0.4) is 0 Å². The number of hydrogen-bond acceptors (Lipinski definition) is 5. The number of nitrogens with zero attached hydrogens (tertiary/aromatic N) is 3. The zero-order valence-electron chi connectivity index (χ0n) is 22.1. The van der Waals surface area contributed by atoms with E-state index in [0.29, 0.717) is 18.1 Å². The molecule has 198 valence electrons. The lowest BCUT2D eigenvalue weighted by atomic mass is 9.76. The summed E-state index contributed by atoms with van der Waals surface area (Å²) in [5.41, 5.74) is 1.85. The molecule has 7 heteroatoms. The fraction of sp³-hybridized carbons (Fsp3) is 0.667. The van der Waals surface area contributed by atoms with E-state index < -0.39 is 0 Å². The molecule has 2 aromatic rings. The number of rotatable bonds is 6. The topological polar surface area (TPSA) is 91.1 Å². The summed E-state index contributed by atoms with van der Waals surface area (Å²) in [6.45, 7) is 0. The molecule has 6 rings (SSSR count). The molecule has 2 N–H and O–H groups in total. The summed E-state index contributed by atoms with van der Waals surface area (Å²) in [7, 11) is 1.60. The van der Waals surface area contributed by atoms with E-state index in [1.54, 1.807) is 7.05 Å². The summed E-state index contributed by atoms with van der Waals surface area (Å²) in [5.74, 6) is 1.63. The number of fused-ring (bicyclic) bond motifs is 5. The first kappa shape index (κ1) is 24.8. The van der Waals surface area contributed by atoms with E-state index in [2.05, 4.69) is 15.2 Å². The number of hydrogen-bond donors (Lipinski definition) is 2. The van der Waals surface area contributed by atoms with Crippen LogP contribution in [0.4, 0.5) is 0 Å². The van der Waals surface area contributed by atoms with Gasteiger partial charge in [0.15, 0.2) is 0 Å². The molecule has 4 aliphatic rings. The van der Waals surface area contributed by atoms with Crippen LogP contribution >= 0.6 is 0 Å². The lowest BCUT2D eigenvalue weighted by Gasteiger charge is -2.46. The maximum Gasteiger partial charge on any atom is 0.279 e. The van der Waals surface area contributed by atoms with Gasteiger partial charge in [-0.15, -0.1) is 0 Å². The summed E-state index contributed by atoms with van der Waals surface area (Å²) in [6.07, 6.45) is 14.7. The van der Waals surface area contributed by atoms with Gasteiger partial charge in [0.2, 0.25) is 5.91 Å². The first-order chi connectivity index (χ1) is 18.0. The zero-order valence-corrected chi connectivity index (χ0v) is 22.1. The minimum atomic E-state index is -0.157. The van der Waals surface area contributed by atoms with Crippen LogP contribution < -0.4 is 10.9 Å². The molecule has 2 aliphatic heterocycles. The van der Waals surface area contributed by atoms with E-state index in [4.69, 9.17) is 5.41 Å². The highest BCUT2D eigenvalue weighted by Gasteiger charge is 2.49. The molecular formula is C30H41N5O2. The van der Waals surface area contributed by atoms with Gasteiger partial charge in [-0.3, -0.25) is 14.5 Å². The molecule has 7 nitrogen and oxygen atoms in total. The second kappa shape index (κ2) is 10.3. The van der Waals surface area contributed by atoms with E-state index in [1.807, 2.05) is 28.8 Å². The Balaban J connectivity index is 1.36. The van der Waals surface area contributed by atoms with Gasteiger partial charge in [0.05, 0.1) is 22.8 Å². The molecule has 1 aromatic heterocycles. The molecule has 37 heavy (non-hydrogen) atoms. The van der Waals surface area contributed by atoms with Crippen LogP contribution in [0.25, 0.3) is 11.0 Å². The minimum Gasteiger partial charge on any atom is -0.359 e. The quantitative estimate of drug-likeness (QED) is 0.553. The Morgan fingerprint density at radius 3 is 2.46 bits per heavy atom. The Kier molecular flexibility index (Phi) is 6.91. The molecule has 2 unspecified atom stereocenters. The molecule has 2 aliphatic carbocycles. The van der Waals surface area contributed by atoms with Crippen LogP contribution in [0.15, 0.2) is 29.1 Å². The van der Waals surface area contributed by atoms with Crippen molar-refractivity contribution in [1.82, 2.24) is 19.8 Å². The zero-order chi connectivity index (χ0) is 25.5. The predicted octanol–water partition coefficient (Wildman–Crippen LogP) is 4.82. The minimum absolute atomic E-state index is 0.113. The molecule has 1 amide bonds. The second-order valence-corrected chi connectivity index (χ2v) is 12.1. The third-order valence-corrected chi connectivity index (χ3v) is 9.87. The fourth-order valence-electron chi connectivity index (χ4n) is 8.32. The van der Waals surface area contributed by atoms with Crippen LogP contribution in [0, 0.1) is 17.2 Å². The van der Waals surface area contributed by atoms with Gasteiger partial charge in [-0.25, -0.2) is 4.98 Å². The van der Waals surface area contributed by atoms with Crippen LogP contribution in [-0.4, -0.2) is 51.2 Å². The highest BCUT2D eigenvalue weighted by Crippen LogP contribution is 2.49. The van der Waals surface area contributed by atoms with Gasteiger partial charge in [-0.1, -0.05) is 44.2 Å². The Bertz CT molecular complexity index is 1220. The average Bonchev–Trinajstić information content (AvgIpc) is 3.02. The Labute approximate surface area is 219 Å². The van der Waals surface area contributed by atoms with E-state index in [0.717, 1.165) is 35.7 Å². The maximum absolute atomic E-state index is 14.0. The molecule has 3 heterocycles. The first-order valence-corrected chi connectivity index (χ1v) is 14.6. The van der Waals surface area contributed by atoms with Crippen LogP contribution in [0.1, 0.15) is 95.2 Å². The molecular weight excluding hydrogens is 462 g/mol. The van der Waals surface area contributed by atoms with Gasteiger partial charge in [0.1, 0.15) is 5.69 Å². The number of piperidine rings is 1. The van der Waals surface area contributed by atoms with Crippen molar-refractivity contribution >= 4 is 22.7 Å². The lowest BCUT2D eigenvalue weighted by Crippen LogP contribution is -2.51. The highest BCUT2D eigenvalue weighted by molar-refractivity contribution is 5.99. The van der Waals surface area contributed by atoms with Gasteiger partial charge in [0.25, 0.3) is 5.56 Å². The number of para-hydroxylation sites is 2. The molecule has 1 aromatic carbocycles. The largest absolute Gasteiger partial charge is 0.359 e. The van der Waals surface area contributed by atoms with Gasteiger partial charge >= 0.3 is 0 Å². The fourth-order valence-corrected chi connectivity index (χ4v) is 8.32. The smallest absolute Gasteiger partial charge is 0.279 e. The van der Waals surface area contributed by atoms with E-state index in [1.165, 1.54) is 57.8 Å². The number of carbonyl (C=O) groups is 1. The number of amides is 1. The van der Waals surface area contributed by atoms with Crippen molar-refractivity contribution in [3.05, 3.63) is 40.3 Å². The van der Waals surface area contributed by atoms with Gasteiger partial charge < -0.3 is 15.3 Å². The summed E-state index contributed by atoms with van der Waals surface area (Å²) in [5, 5.41) is 11.3. The lowest BCUT2D eigenvalue weighted by molar-refractivity contribution is -0.120. The van der Waals surface area contributed by atoms with E-state index in [9.17, 15) is 9.59 Å². The van der Waals surface area contributed by atoms with Crippen molar-refractivity contribution in [2.24, 2.45) is 11.8 Å². The highest BCUT2D eigenvalue weighted by atomic mass is 16.1. The molecule has 0 radical (unpaired) electrons. The predicted molar refractivity (Wildman–Crippen MR) is 146 cm³/mol. The van der Waals surface area contributed by atoms with Crippen LogP contribution in [0.2, 0.25) is 0 Å². The Hall–Kier alpha value is -2.54. The van der Waals surface area contributed by atoms with E-state index in [-0.39, 0.29) is 41.8 Å². The molecule has 0 spiro atoms. The van der Waals surface area contributed by atoms with Crippen molar-refractivity contribution in [3.63, 3.8) is 0 Å². The normalized spacial score (nSPS) is 31.7. The third-order valence-electron chi connectivity index (χ3n) is 9.87. The summed E-state index contributed by atoms with van der Waals surface area (Å²) >= 11 is 0. The van der Waals surface area contributed by atoms with Crippen LogP contribution in [-0.2, 0) is 4.79 Å². The van der Waals surface area contributed by atoms with Gasteiger partial charge in [0, 0.05) is 38.0 Å². The summed E-state index contributed by atoms with van der Waals surface area (Å²) in [4.78, 5) is 33.4. The number of nitrogens with one attached hydrogen (secondary N) is 2. The van der Waals surface area contributed by atoms with Crippen LogP contribution in [0.5, 0.6) is 0 Å². The molecule has 2 saturated carbocycles. The third kappa shape index (κ3) is 4.64. The standard InChI is InChI=1S/C30H41N5O2/c1-32-28(36)14-13-23(31)29-30(37)35(25-11-5-4-10-24(25)33-29)27-18-21-9-6-12-26(27)34(21)22-16-19-7-2-3-8-20(15-19)17-22/h4-5,10-11,19-22,26-27,31H,2-3,6-9,12-18H2,1H3,(H,32,36)/t19?,20?,21-,22?,26+,27+/m0/s1. The number of benzene rings is 1. The molecule has 4 bridgehead atoms. The van der Waals surface area contributed by atoms with Crippen molar-refractivity contribution in [2.75, 3.05) is 7.05 Å². The maximum atomic E-state index is 14.0. The number of aromatic nitrogens is 2. The average molecular weight is 504 g/mol. The summed E-state index contributed by atoms with van der Waals surface area (Å²) in [6, 6.07) is 9.59. The van der Waals surface area contributed by atoms with Crippen molar-refractivity contribution < 1.29 is 4.79 Å². The monoisotopic (exact) mass is 503 g/mol.